The van der Waals surface area contributed by atoms with Gasteiger partial charge in [0.05, 0.1) is 11.5 Å². The molecule has 0 aromatic carbocycles. The predicted molar refractivity (Wildman–Crippen MR) is 67.9 cm³/mol. The van der Waals surface area contributed by atoms with Crippen molar-refractivity contribution < 1.29 is 15.0 Å². The Morgan fingerprint density at radius 3 is 2.39 bits per heavy atom. The fourth-order valence-corrected chi connectivity index (χ4v) is 5.26. The molecule has 6 atom stereocenters. The second kappa shape index (κ2) is 3.37. The number of carbonyl (C=O) groups is 1. The van der Waals surface area contributed by atoms with Crippen LogP contribution in [0.2, 0.25) is 0 Å². The molecule has 0 spiro atoms. The fraction of sp³-hybridized carbons (Fsp3) is 0.933. The third-order valence-electron chi connectivity index (χ3n) is 6.31. The van der Waals surface area contributed by atoms with E-state index in [1.807, 2.05) is 13.8 Å². The number of carbonyl (C=O) groups excluding carboxylic acids is 1. The minimum Gasteiger partial charge on any atom is -0.396 e. The Morgan fingerprint density at radius 2 is 1.78 bits per heavy atom. The van der Waals surface area contributed by atoms with Crippen molar-refractivity contribution in [3.8, 4) is 0 Å². The molecule has 0 amide bonds. The highest BCUT2D eigenvalue weighted by molar-refractivity contribution is 5.94. The van der Waals surface area contributed by atoms with E-state index in [0.717, 1.165) is 19.3 Å². The third kappa shape index (κ3) is 1.30. The zero-order valence-electron chi connectivity index (χ0n) is 11.6. The summed E-state index contributed by atoms with van der Waals surface area (Å²) in [5, 5.41) is 19.8. The zero-order valence-corrected chi connectivity index (χ0v) is 11.6. The number of hydrogen-bond donors (Lipinski definition) is 2. The Balaban J connectivity index is 2.00. The average Bonchev–Trinajstić information content (AvgIpc) is 2.69. The van der Waals surface area contributed by atoms with E-state index >= 15 is 0 Å². The summed E-state index contributed by atoms with van der Waals surface area (Å²) in [7, 11) is 0. The molecule has 2 bridgehead atoms. The van der Waals surface area contributed by atoms with Gasteiger partial charge in [-0.2, -0.15) is 0 Å². The van der Waals surface area contributed by atoms with Gasteiger partial charge < -0.3 is 10.2 Å². The Bertz CT molecular complexity index is 407. The summed E-state index contributed by atoms with van der Waals surface area (Å²) in [6.07, 6.45) is 2.88. The molecule has 3 aliphatic rings. The quantitative estimate of drug-likeness (QED) is 0.747. The normalized spacial score (nSPS) is 58.9. The van der Waals surface area contributed by atoms with Crippen LogP contribution < -0.4 is 0 Å². The number of Topliss-reactive ketones (excluding diaryl/α,β-unsaturated/α-hetero) is 1. The molecule has 0 unspecified atom stereocenters. The highest BCUT2D eigenvalue weighted by Crippen LogP contribution is 2.66. The topological polar surface area (TPSA) is 57.5 Å². The van der Waals surface area contributed by atoms with Gasteiger partial charge in [-0.3, -0.25) is 4.79 Å². The lowest BCUT2D eigenvalue weighted by Gasteiger charge is -2.42. The SMILES string of the molecule is C[C@@]1(CO)C[C@H]2C[C@@]3(C)C(=O)[C@](C)(C[C@@H]3O)[C@H]2C1. The molecular formula is C15H24O3. The smallest absolute Gasteiger partial charge is 0.147 e. The Kier molecular flexibility index (Phi) is 2.36. The van der Waals surface area contributed by atoms with Gasteiger partial charge in [0.2, 0.25) is 0 Å². The summed E-state index contributed by atoms with van der Waals surface area (Å²) in [6.45, 7) is 6.33. The van der Waals surface area contributed by atoms with Crippen molar-refractivity contribution in [1.29, 1.82) is 0 Å². The molecule has 0 aromatic rings. The van der Waals surface area contributed by atoms with Crippen LogP contribution in [0.5, 0.6) is 0 Å². The summed E-state index contributed by atoms with van der Waals surface area (Å²) < 4.78 is 0. The Labute approximate surface area is 109 Å². The largest absolute Gasteiger partial charge is 0.396 e. The molecule has 3 saturated carbocycles. The van der Waals surface area contributed by atoms with Crippen LogP contribution >= 0.6 is 0 Å². The monoisotopic (exact) mass is 252 g/mol. The summed E-state index contributed by atoms with van der Waals surface area (Å²) in [5.41, 5.74) is -0.912. The van der Waals surface area contributed by atoms with Crippen LogP contribution in [0.25, 0.3) is 0 Å². The molecular weight excluding hydrogens is 228 g/mol. The third-order valence-corrected chi connectivity index (χ3v) is 6.31. The minimum atomic E-state index is -0.531. The summed E-state index contributed by atoms with van der Waals surface area (Å²) >= 11 is 0. The number of aliphatic hydroxyl groups excluding tert-OH is 2. The maximum atomic E-state index is 12.7. The van der Waals surface area contributed by atoms with E-state index < -0.39 is 11.5 Å². The van der Waals surface area contributed by atoms with Crippen molar-refractivity contribution in [3.05, 3.63) is 0 Å². The van der Waals surface area contributed by atoms with Crippen molar-refractivity contribution in [1.82, 2.24) is 0 Å². The van der Waals surface area contributed by atoms with Crippen LogP contribution in [-0.2, 0) is 4.79 Å². The van der Waals surface area contributed by atoms with Crippen LogP contribution in [0.1, 0.15) is 46.5 Å². The zero-order chi connectivity index (χ0) is 13.3. The maximum Gasteiger partial charge on any atom is 0.147 e. The number of fused-ring (bicyclic) bond motifs is 4. The number of aliphatic hydroxyl groups is 2. The van der Waals surface area contributed by atoms with E-state index in [1.54, 1.807) is 0 Å². The first-order valence-corrected chi connectivity index (χ1v) is 7.09. The number of rotatable bonds is 1. The lowest BCUT2D eigenvalue weighted by Crippen LogP contribution is -2.46. The molecule has 18 heavy (non-hydrogen) atoms. The average molecular weight is 252 g/mol. The van der Waals surface area contributed by atoms with Crippen molar-refractivity contribution in [3.63, 3.8) is 0 Å². The predicted octanol–water partition coefficient (Wildman–Crippen LogP) is 1.76. The van der Waals surface area contributed by atoms with Crippen LogP contribution in [0.15, 0.2) is 0 Å². The summed E-state index contributed by atoms with van der Waals surface area (Å²) in [6, 6.07) is 0. The molecule has 3 rings (SSSR count). The van der Waals surface area contributed by atoms with E-state index in [-0.39, 0.29) is 23.2 Å². The van der Waals surface area contributed by atoms with Gasteiger partial charge in [0.15, 0.2) is 0 Å². The van der Waals surface area contributed by atoms with Gasteiger partial charge in [0, 0.05) is 12.0 Å². The molecule has 0 radical (unpaired) electrons. The first-order valence-electron chi connectivity index (χ1n) is 7.09. The van der Waals surface area contributed by atoms with Gasteiger partial charge >= 0.3 is 0 Å². The van der Waals surface area contributed by atoms with Gasteiger partial charge in [0.1, 0.15) is 5.78 Å². The fourth-order valence-electron chi connectivity index (χ4n) is 5.26. The van der Waals surface area contributed by atoms with Crippen molar-refractivity contribution in [2.45, 2.75) is 52.6 Å². The minimum absolute atomic E-state index is 0.0234. The van der Waals surface area contributed by atoms with Crippen LogP contribution in [0.3, 0.4) is 0 Å². The van der Waals surface area contributed by atoms with Gasteiger partial charge in [-0.05, 0) is 42.9 Å². The highest BCUT2D eigenvalue weighted by Gasteiger charge is 2.68. The van der Waals surface area contributed by atoms with Crippen molar-refractivity contribution in [2.75, 3.05) is 6.61 Å². The lowest BCUT2D eigenvalue weighted by atomic mass is 9.60. The van der Waals surface area contributed by atoms with Gasteiger partial charge in [-0.15, -0.1) is 0 Å². The van der Waals surface area contributed by atoms with E-state index in [9.17, 15) is 15.0 Å². The molecule has 3 nitrogen and oxygen atoms in total. The molecule has 2 N–H and O–H groups in total. The summed E-state index contributed by atoms with van der Waals surface area (Å²) in [4.78, 5) is 12.7. The highest BCUT2D eigenvalue weighted by atomic mass is 16.3. The summed E-state index contributed by atoms with van der Waals surface area (Å²) in [5.74, 6) is 1.12. The van der Waals surface area contributed by atoms with Gasteiger partial charge in [-0.1, -0.05) is 20.8 Å². The Morgan fingerprint density at radius 1 is 1.11 bits per heavy atom. The number of ketones is 1. The van der Waals surface area contributed by atoms with Gasteiger partial charge in [-0.25, -0.2) is 0 Å². The first-order chi connectivity index (χ1) is 8.25. The van der Waals surface area contributed by atoms with E-state index in [4.69, 9.17) is 0 Å². The van der Waals surface area contributed by atoms with Crippen molar-refractivity contribution >= 4 is 5.78 Å². The van der Waals surface area contributed by atoms with E-state index in [2.05, 4.69) is 6.92 Å². The first kappa shape index (κ1) is 12.6. The standard InChI is InChI=1S/C15H24O3/c1-13(8-16)4-9-5-15(3)11(17)7-14(2,12(15)18)10(9)6-13/h9-11,16-17H,4-8H2,1-3H3/t9-,10-,11-,13+,14+,15+/m0/s1. The lowest BCUT2D eigenvalue weighted by molar-refractivity contribution is -0.143. The second-order valence-corrected chi connectivity index (χ2v) is 7.83. The number of hydrogen-bond acceptors (Lipinski definition) is 3. The second-order valence-electron chi connectivity index (χ2n) is 7.83. The van der Waals surface area contributed by atoms with E-state index in [1.165, 1.54) is 0 Å². The molecule has 0 heterocycles. The van der Waals surface area contributed by atoms with Crippen LogP contribution in [-0.4, -0.2) is 28.7 Å². The molecule has 102 valence electrons. The van der Waals surface area contributed by atoms with Crippen LogP contribution in [0.4, 0.5) is 0 Å². The molecule has 3 aliphatic carbocycles. The molecule has 0 aromatic heterocycles. The Hall–Kier alpha value is -0.410. The van der Waals surface area contributed by atoms with Crippen LogP contribution in [0, 0.1) is 28.1 Å². The maximum absolute atomic E-state index is 12.7. The van der Waals surface area contributed by atoms with Crippen molar-refractivity contribution in [2.24, 2.45) is 28.1 Å². The molecule has 3 heteroatoms. The van der Waals surface area contributed by atoms with E-state index in [0.29, 0.717) is 18.3 Å². The molecule has 3 fully saturated rings. The molecule has 0 saturated heterocycles. The molecule has 0 aliphatic heterocycles. The van der Waals surface area contributed by atoms with Gasteiger partial charge in [0.25, 0.3) is 0 Å².